The molecule has 0 aliphatic carbocycles. The van der Waals surface area contributed by atoms with Crippen LogP contribution in [-0.4, -0.2) is 7.32 Å². The van der Waals surface area contributed by atoms with Gasteiger partial charge in [0, 0.05) is 83.5 Å². The molecule has 0 aliphatic heterocycles. The van der Waals surface area contributed by atoms with Crippen LogP contribution >= 0.6 is 0 Å². The molecule has 0 bridgehead atoms. The summed E-state index contributed by atoms with van der Waals surface area (Å²) in [6, 6.07) is 181. The zero-order chi connectivity index (χ0) is 101. The molecule has 21 rings (SSSR count). The molecule has 0 aromatic heterocycles. The SMILES string of the molecule is Cc1ccc(-c2cc([C+](c3ccccc3)c3ccccc3)c(-c3ccc(C)cc3)c(-c3ccc(C)cc3)c2-c2ccc(C)cc2)cc1.Cc1ccc(-c2cc([C+](c3ccccc3)c3ccccc3)c(-c3ccc(C)cc3)c(-c3ccc(C)cc3)c2-c2ccc(C)cc2)cc1.Cc1ccc(-c2cc([C+](c3ccccc3)c3ccccc3)c(-c3ccc(C)cc3)c(-c3ccc(C)cc3)c2-c2ccc(C)cc2)cc1.[O-]B([O-])[O-]. The van der Waals surface area contributed by atoms with E-state index in [2.05, 4.69) is 574 Å². The fourth-order valence-electron chi connectivity index (χ4n) is 19.7. The van der Waals surface area contributed by atoms with Crippen molar-refractivity contribution in [2.24, 2.45) is 0 Å². The Morgan fingerprint density at radius 1 is 0.131 bits per heavy atom. The Labute approximate surface area is 858 Å². The molecule has 0 fully saturated rings. The maximum absolute atomic E-state index is 8.42. The maximum atomic E-state index is 8.42. The van der Waals surface area contributed by atoms with Gasteiger partial charge in [-0.3, -0.25) is 7.32 Å². The van der Waals surface area contributed by atoms with E-state index in [1.165, 1.54) is 268 Å². The highest BCUT2D eigenvalue weighted by molar-refractivity contribution is 6.24. The fraction of sp³-hybridized carbons (Fsp3) is 0.0851. The van der Waals surface area contributed by atoms with Crippen LogP contribution in [0.2, 0.25) is 0 Å². The molecule has 0 heterocycles. The lowest BCUT2D eigenvalue weighted by Crippen LogP contribution is -2.56. The zero-order valence-electron chi connectivity index (χ0n) is 84.6. The lowest BCUT2D eigenvalue weighted by Gasteiger charge is -2.35. The van der Waals surface area contributed by atoms with E-state index in [1.54, 1.807) is 0 Å². The second kappa shape index (κ2) is 45.4. The molecule has 21 aromatic carbocycles. The third kappa shape index (κ3) is 22.9. The summed E-state index contributed by atoms with van der Waals surface area (Å²) in [6.45, 7) is 25.9. The highest BCUT2D eigenvalue weighted by Crippen LogP contribution is 2.56. The van der Waals surface area contributed by atoms with Crippen LogP contribution in [0, 0.1) is 101 Å². The Balaban J connectivity index is 0.000000140. The minimum absolute atomic E-state index is 1.19. The molecule has 0 saturated heterocycles. The molecule has 0 radical (unpaired) electrons. The molecule has 0 spiro atoms. The predicted octanol–water partition coefficient (Wildman–Crippen LogP) is 33.9. The summed E-state index contributed by atoms with van der Waals surface area (Å²) in [7, 11) is -2.92. The number of rotatable bonds is 21. The first-order valence-electron chi connectivity index (χ1n) is 50.0. The molecule has 0 aliphatic rings. The molecular formula is C141H117BO3. The molecular weight excluding hydrogens is 1750 g/mol. The van der Waals surface area contributed by atoms with Gasteiger partial charge in [0.1, 0.15) is 0 Å². The molecule has 4 heteroatoms. The molecule has 702 valence electrons. The van der Waals surface area contributed by atoms with Gasteiger partial charge in [0.25, 0.3) is 0 Å². The van der Waals surface area contributed by atoms with E-state index >= 15 is 0 Å². The predicted molar refractivity (Wildman–Crippen MR) is 607 cm³/mol. The summed E-state index contributed by atoms with van der Waals surface area (Å²) in [5.41, 5.74) is 55.1. The van der Waals surface area contributed by atoms with Crippen LogP contribution in [0.3, 0.4) is 0 Å². The Morgan fingerprint density at radius 3 is 0.372 bits per heavy atom. The van der Waals surface area contributed by atoms with Crippen molar-refractivity contribution in [3.63, 3.8) is 0 Å². The van der Waals surface area contributed by atoms with Gasteiger partial charge in [0.2, 0.25) is 0 Å². The van der Waals surface area contributed by atoms with Gasteiger partial charge in [-0.15, -0.1) is 0 Å². The lowest BCUT2D eigenvalue weighted by molar-refractivity contribution is -0.479. The first-order valence-corrected chi connectivity index (χ1v) is 50.0. The van der Waals surface area contributed by atoms with Crippen LogP contribution in [0.4, 0.5) is 0 Å². The van der Waals surface area contributed by atoms with Crippen LogP contribution in [0.5, 0.6) is 0 Å². The molecule has 0 amide bonds. The highest BCUT2D eigenvalue weighted by atomic mass is 16.5. The summed E-state index contributed by atoms with van der Waals surface area (Å²) in [5, 5.41) is 25.2. The van der Waals surface area contributed by atoms with Crippen molar-refractivity contribution in [2.75, 3.05) is 0 Å². The van der Waals surface area contributed by atoms with Gasteiger partial charge < -0.3 is 15.1 Å². The van der Waals surface area contributed by atoms with Crippen LogP contribution in [0.15, 0.2) is 491 Å². The average molecular weight is 1870 g/mol. The largest absolute Gasteiger partial charge is 0.907 e. The second-order valence-corrected chi connectivity index (χ2v) is 38.3. The lowest BCUT2D eigenvalue weighted by atomic mass is 9.74. The Kier molecular flexibility index (Phi) is 30.8. The van der Waals surface area contributed by atoms with Crippen molar-refractivity contribution in [3.05, 3.63) is 626 Å². The molecule has 21 aromatic rings. The van der Waals surface area contributed by atoms with Gasteiger partial charge in [0.05, 0.1) is 67.8 Å². The minimum atomic E-state index is -2.92. The molecule has 0 N–H and O–H groups in total. The standard InChI is InChI=1S/3C47H39.BO3/c3*1-32-15-23-36(24-16-32)42-31-43(44(37-11-7-5-8-12-37)38-13-9-6-10-14-38)46(40-27-19-34(3)20-28-40)47(41-29-21-35(4)22-30-41)45(42)39-25-17-33(2)18-26-39;2-1(3)4/h3*5-31H,1-4H3;/q3*+1;-3. The van der Waals surface area contributed by atoms with Gasteiger partial charge >= 0.3 is 0 Å². The van der Waals surface area contributed by atoms with Crippen molar-refractivity contribution in [1.29, 1.82) is 0 Å². The van der Waals surface area contributed by atoms with Gasteiger partial charge in [-0.1, -0.05) is 358 Å². The number of aryl methyl sites for hydroxylation is 12. The minimum Gasteiger partial charge on any atom is -0.907 e. The molecule has 0 saturated carbocycles. The second-order valence-electron chi connectivity index (χ2n) is 38.3. The third-order valence-corrected chi connectivity index (χ3v) is 27.3. The van der Waals surface area contributed by atoms with Crippen molar-refractivity contribution in [2.45, 2.75) is 83.1 Å². The highest BCUT2D eigenvalue weighted by Gasteiger charge is 2.38. The van der Waals surface area contributed by atoms with Gasteiger partial charge in [-0.2, -0.15) is 0 Å². The average Bonchev–Trinajstić information content (AvgIpc) is 0.736. The topological polar surface area (TPSA) is 69.2 Å². The van der Waals surface area contributed by atoms with E-state index in [9.17, 15) is 0 Å². The van der Waals surface area contributed by atoms with E-state index in [0.29, 0.717) is 0 Å². The quantitative estimate of drug-likeness (QED) is 0.0409. The first kappa shape index (κ1) is 98.4. The van der Waals surface area contributed by atoms with Crippen LogP contribution in [-0.2, 0) is 0 Å². The molecule has 0 unspecified atom stereocenters. The van der Waals surface area contributed by atoms with Crippen molar-refractivity contribution in [1.82, 2.24) is 0 Å². The number of hydrogen-bond donors (Lipinski definition) is 0. The number of benzene rings is 21. The van der Waals surface area contributed by atoms with Gasteiger partial charge in [-0.25, -0.2) is 0 Å². The van der Waals surface area contributed by atoms with E-state index in [0.717, 1.165) is 0 Å². The van der Waals surface area contributed by atoms with E-state index in [4.69, 9.17) is 15.1 Å². The molecule has 145 heavy (non-hydrogen) atoms. The molecule has 3 nitrogen and oxygen atoms in total. The van der Waals surface area contributed by atoms with E-state index in [1.807, 2.05) is 0 Å². The molecule has 0 atom stereocenters. The number of hydrogen-bond acceptors (Lipinski definition) is 3. The summed E-state index contributed by atoms with van der Waals surface area (Å²) >= 11 is 0. The maximum Gasteiger partial charge on any atom is 0.0638 e. The normalized spacial score (nSPS) is 10.9. The van der Waals surface area contributed by atoms with E-state index in [-0.39, 0.29) is 0 Å². The summed E-state index contributed by atoms with van der Waals surface area (Å²) in [4.78, 5) is 0. The Bertz CT molecular complexity index is 7020. The van der Waals surface area contributed by atoms with Gasteiger partial charge in [-0.05, 0) is 333 Å². The zero-order valence-corrected chi connectivity index (χ0v) is 84.6. The Hall–Kier alpha value is -16.8. The van der Waals surface area contributed by atoms with Crippen molar-refractivity contribution in [3.8, 4) is 134 Å². The third-order valence-electron chi connectivity index (χ3n) is 27.3. The van der Waals surface area contributed by atoms with Crippen molar-refractivity contribution < 1.29 is 15.1 Å². The monoisotopic (exact) mass is 1870 g/mol. The van der Waals surface area contributed by atoms with Crippen molar-refractivity contribution >= 4 is 7.32 Å². The summed E-state index contributed by atoms with van der Waals surface area (Å²) in [5.74, 6) is 3.66. The van der Waals surface area contributed by atoms with Crippen LogP contribution < -0.4 is 15.1 Å². The summed E-state index contributed by atoms with van der Waals surface area (Å²) in [6.07, 6.45) is 0. The van der Waals surface area contributed by atoms with Gasteiger partial charge in [0.15, 0.2) is 0 Å². The summed E-state index contributed by atoms with van der Waals surface area (Å²) < 4.78 is 0. The van der Waals surface area contributed by atoms with E-state index < -0.39 is 7.32 Å². The van der Waals surface area contributed by atoms with Crippen LogP contribution in [0.25, 0.3) is 134 Å². The fourth-order valence-corrected chi connectivity index (χ4v) is 19.7. The first-order chi connectivity index (χ1) is 70.6. The van der Waals surface area contributed by atoms with Crippen LogP contribution in [0.1, 0.15) is 117 Å². The smallest absolute Gasteiger partial charge is 0.0638 e. The Morgan fingerprint density at radius 2 is 0.241 bits per heavy atom.